The summed E-state index contributed by atoms with van der Waals surface area (Å²) in [5.41, 5.74) is 6.92. The van der Waals surface area contributed by atoms with Crippen LogP contribution in [0.25, 0.3) is 0 Å². The largest absolute Gasteiger partial charge is 0.548 e. The second-order valence-electron chi connectivity index (χ2n) is 10.6. The van der Waals surface area contributed by atoms with E-state index in [1.165, 1.54) is 28.4 Å². The van der Waals surface area contributed by atoms with Gasteiger partial charge in [-0.1, -0.05) is 11.6 Å². The van der Waals surface area contributed by atoms with Crippen molar-refractivity contribution in [2.75, 3.05) is 17.3 Å². The van der Waals surface area contributed by atoms with Crippen molar-refractivity contribution in [3.8, 4) is 0 Å². The van der Waals surface area contributed by atoms with Crippen LogP contribution in [-0.2, 0) is 31.9 Å². The standard InChI is InChI=1S/C29H30ClF3N4O6S3/c1-14-8-18(9-15(2)36(14)7-3-4-20(34)27(40)41)44-11-16-12-46-26-23(25(39)37(26)24(16)28(42)43)35-22(38)13-45-21-10-17(29(31,32)33)5-6-19(21)30/h5-6,8-10,20,23,26H,3-4,7,11-13,34H2,1-2H3,(H2-,35,38,40,41,42,43)/t20-,23?,26+/m0/s1. The summed E-state index contributed by atoms with van der Waals surface area (Å²) in [6.07, 6.45) is -3.74. The van der Waals surface area contributed by atoms with Crippen LogP contribution in [0, 0.1) is 13.8 Å². The maximum atomic E-state index is 13.1. The van der Waals surface area contributed by atoms with E-state index >= 15 is 0 Å². The van der Waals surface area contributed by atoms with Gasteiger partial charge in [-0.25, -0.2) is 9.36 Å². The number of nitrogens with one attached hydrogen (secondary N) is 1. The molecule has 0 spiro atoms. The molecule has 0 radical (unpaired) electrons. The minimum absolute atomic E-state index is 0.0531. The van der Waals surface area contributed by atoms with Crippen molar-refractivity contribution < 1.29 is 47.1 Å². The summed E-state index contributed by atoms with van der Waals surface area (Å²) in [6, 6.07) is 4.69. The van der Waals surface area contributed by atoms with Crippen molar-refractivity contribution in [3.63, 3.8) is 0 Å². The van der Waals surface area contributed by atoms with Crippen molar-refractivity contribution in [3.05, 3.63) is 63.6 Å². The zero-order valence-corrected chi connectivity index (χ0v) is 27.8. The van der Waals surface area contributed by atoms with Crippen LogP contribution in [-0.4, -0.2) is 68.5 Å². The number of carboxylic acid groups (broad SMARTS) is 2. The summed E-state index contributed by atoms with van der Waals surface area (Å²) in [5.74, 6) is -3.42. The monoisotopic (exact) mass is 718 g/mol. The molecule has 0 aliphatic carbocycles. The molecule has 17 heteroatoms. The summed E-state index contributed by atoms with van der Waals surface area (Å²) in [7, 11) is 0. The number of β-lactam (4-membered cyclic amide) rings is 1. The van der Waals surface area contributed by atoms with Crippen LogP contribution in [0.3, 0.4) is 0 Å². The molecule has 248 valence electrons. The zero-order valence-electron chi connectivity index (χ0n) is 24.6. The molecule has 4 N–H and O–H groups in total. The number of rotatable bonds is 13. The fourth-order valence-corrected chi connectivity index (χ4v) is 8.65. The highest BCUT2D eigenvalue weighted by Crippen LogP contribution is 2.42. The molecule has 3 atom stereocenters. The van der Waals surface area contributed by atoms with E-state index in [1.54, 1.807) is 0 Å². The number of alkyl halides is 3. The number of aryl methyl sites for hydroxylation is 2. The minimum Gasteiger partial charge on any atom is -0.548 e. The number of aromatic nitrogens is 1. The van der Waals surface area contributed by atoms with E-state index in [1.807, 2.05) is 30.5 Å². The smallest absolute Gasteiger partial charge is 0.416 e. The third-order valence-corrected chi connectivity index (χ3v) is 11.2. The Morgan fingerprint density at radius 1 is 1.22 bits per heavy atom. The minimum atomic E-state index is -4.57. The molecule has 46 heavy (non-hydrogen) atoms. The number of aliphatic carboxylic acids is 2. The summed E-state index contributed by atoms with van der Waals surface area (Å²) < 4.78 is 41.2. The quantitative estimate of drug-likeness (QED) is 0.160. The van der Waals surface area contributed by atoms with Gasteiger partial charge in [0.05, 0.1) is 22.3 Å². The molecule has 2 aliphatic rings. The molecule has 1 aromatic heterocycles. The fourth-order valence-electron chi connectivity index (χ4n) is 5.02. The number of amides is 2. The second kappa shape index (κ2) is 14.9. The van der Waals surface area contributed by atoms with E-state index in [0.29, 0.717) is 30.0 Å². The summed E-state index contributed by atoms with van der Waals surface area (Å²) in [5, 5.41) is 22.9. The van der Waals surface area contributed by atoms with E-state index in [2.05, 4.69) is 5.32 Å². The number of thioether (sulfide) groups is 3. The lowest BCUT2D eigenvalue weighted by Crippen LogP contribution is -2.70. The number of benzene rings is 1. The maximum Gasteiger partial charge on any atom is 0.416 e. The highest BCUT2D eigenvalue weighted by Gasteiger charge is 2.54. The number of nitrogens with zero attached hydrogens (tertiary/aromatic N) is 2. The van der Waals surface area contributed by atoms with Gasteiger partial charge in [0, 0.05) is 59.7 Å². The molecule has 1 aromatic carbocycles. The van der Waals surface area contributed by atoms with E-state index in [9.17, 15) is 42.6 Å². The summed E-state index contributed by atoms with van der Waals surface area (Å²) >= 11 is 9.54. The number of hydrogen-bond donors (Lipinski definition) is 3. The Morgan fingerprint density at radius 2 is 1.89 bits per heavy atom. The fraction of sp³-hybridized carbons (Fsp3) is 0.414. The first kappa shape index (κ1) is 35.9. The van der Waals surface area contributed by atoms with Crippen LogP contribution in [0.15, 0.2) is 51.4 Å². The van der Waals surface area contributed by atoms with Crippen molar-refractivity contribution in [2.45, 2.75) is 66.7 Å². The molecule has 1 fully saturated rings. The van der Waals surface area contributed by atoms with Gasteiger partial charge in [-0.15, -0.1) is 35.3 Å². The third kappa shape index (κ3) is 8.32. The van der Waals surface area contributed by atoms with Crippen LogP contribution in [0.2, 0.25) is 5.02 Å². The van der Waals surface area contributed by atoms with Crippen molar-refractivity contribution in [2.24, 2.45) is 5.73 Å². The molecule has 2 amide bonds. The van der Waals surface area contributed by atoms with Crippen LogP contribution in [0.4, 0.5) is 13.2 Å². The highest BCUT2D eigenvalue weighted by molar-refractivity contribution is 8.01. The molecule has 0 saturated carbocycles. The molecule has 2 aromatic rings. The van der Waals surface area contributed by atoms with Crippen molar-refractivity contribution in [1.29, 1.82) is 0 Å². The van der Waals surface area contributed by atoms with Gasteiger partial charge < -0.3 is 26.1 Å². The van der Waals surface area contributed by atoms with Gasteiger partial charge >= 0.3 is 12.1 Å². The number of carbonyl (C=O) groups excluding carboxylic acids is 3. The Labute approximate surface area is 280 Å². The van der Waals surface area contributed by atoms with Crippen molar-refractivity contribution >= 4 is 70.6 Å². The number of nitrogens with two attached hydrogens (primary N) is 1. The average molecular weight is 719 g/mol. The first-order valence-electron chi connectivity index (χ1n) is 13.9. The molecular formula is C29H30ClF3N4O6S3. The van der Waals surface area contributed by atoms with Crippen LogP contribution < -0.4 is 20.7 Å². The first-order chi connectivity index (χ1) is 21.6. The van der Waals surface area contributed by atoms with Crippen LogP contribution in [0.5, 0.6) is 0 Å². The van der Waals surface area contributed by atoms with E-state index in [4.69, 9.17) is 17.3 Å². The van der Waals surface area contributed by atoms with Gasteiger partial charge in [0.15, 0.2) is 11.4 Å². The Bertz CT molecular complexity index is 1570. The van der Waals surface area contributed by atoms with Crippen molar-refractivity contribution in [1.82, 2.24) is 10.2 Å². The van der Waals surface area contributed by atoms with Gasteiger partial charge in [-0.2, -0.15) is 13.2 Å². The molecule has 0 bridgehead atoms. The number of fused-ring (bicyclic) bond motifs is 1. The SMILES string of the molecule is Cc1cc(SCC2=C(C(=O)O)N3C(=O)C(NC(=O)CSc4cc(C(F)(F)F)ccc4Cl)[C@H]3SC2)cc(C)[n+]1CCC[C@H](N)C(=O)[O-]. The molecule has 3 heterocycles. The normalized spacial score (nSPS) is 18.6. The molecule has 1 unspecified atom stereocenters. The van der Waals surface area contributed by atoms with Crippen LogP contribution >= 0.6 is 46.9 Å². The first-order valence-corrected chi connectivity index (χ1v) is 17.3. The van der Waals surface area contributed by atoms with E-state index in [-0.39, 0.29) is 27.8 Å². The van der Waals surface area contributed by atoms with Gasteiger partial charge in [0.1, 0.15) is 23.7 Å². The number of halogens is 4. The Kier molecular flexibility index (Phi) is 11.6. The highest BCUT2D eigenvalue weighted by atomic mass is 35.5. The zero-order chi connectivity index (χ0) is 33.9. The Morgan fingerprint density at radius 3 is 2.50 bits per heavy atom. The molecule has 2 aliphatic heterocycles. The summed E-state index contributed by atoms with van der Waals surface area (Å²) in [4.78, 5) is 50.9. The van der Waals surface area contributed by atoms with Gasteiger partial charge in [-0.05, 0) is 30.2 Å². The molecule has 4 rings (SSSR count). The molecule has 1 saturated heterocycles. The van der Waals surface area contributed by atoms with E-state index < -0.39 is 53.0 Å². The number of hydrogen-bond acceptors (Lipinski definition) is 9. The average Bonchev–Trinajstić information content (AvgIpc) is 2.98. The Hall–Kier alpha value is -2.92. The predicted octanol–water partition coefficient (Wildman–Crippen LogP) is 2.74. The Balaban J connectivity index is 1.36. The van der Waals surface area contributed by atoms with Gasteiger partial charge in [0.25, 0.3) is 5.91 Å². The lowest BCUT2D eigenvalue weighted by Gasteiger charge is -2.49. The molecule has 10 nitrogen and oxygen atoms in total. The maximum absolute atomic E-state index is 13.1. The number of pyridine rings is 1. The summed E-state index contributed by atoms with van der Waals surface area (Å²) in [6.45, 7) is 4.40. The van der Waals surface area contributed by atoms with E-state index in [0.717, 1.165) is 46.2 Å². The topological polar surface area (TPSA) is 157 Å². The predicted molar refractivity (Wildman–Crippen MR) is 166 cm³/mol. The molecular weight excluding hydrogens is 689 g/mol. The number of carboxylic acids is 2. The van der Waals surface area contributed by atoms with Gasteiger partial charge in [0.2, 0.25) is 5.91 Å². The van der Waals surface area contributed by atoms with Crippen LogP contribution in [0.1, 0.15) is 29.8 Å². The lowest BCUT2D eigenvalue weighted by molar-refractivity contribution is -0.709. The lowest BCUT2D eigenvalue weighted by atomic mass is 10.0. The third-order valence-electron chi connectivity index (χ3n) is 7.35. The number of carbonyl (C=O) groups is 4. The second-order valence-corrected chi connectivity index (χ2v) is 14.2. The van der Waals surface area contributed by atoms with Gasteiger partial charge in [-0.3, -0.25) is 14.5 Å².